The van der Waals surface area contributed by atoms with Crippen LogP contribution in [0.15, 0.2) is 58.1 Å². The van der Waals surface area contributed by atoms with Crippen molar-refractivity contribution in [3.05, 3.63) is 79.7 Å². The van der Waals surface area contributed by atoms with Crippen molar-refractivity contribution in [1.29, 1.82) is 0 Å². The minimum Gasteiger partial charge on any atom is -0.493 e. The van der Waals surface area contributed by atoms with Crippen LogP contribution in [-0.2, 0) is 11.4 Å². The lowest BCUT2D eigenvalue weighted by Gasteiger charge is -2.20. The van der Waals surface area contributed by atoms with E-state index in [4.69, 9.17) is 42.1 Å². The molecule has 0 saturated carbocycles. The Morgan fingerprint density at radius 2 is 1.88 bits per heavy atom. The minimum absolute atomic E-state index is 0.103. The fourth-order valence-electron chi connectivity index (χ4n) is 3.78. The highest BCUT2D eigenvalue weighted by Crippen LogP contribution is 2.37. The number of carbonyl (C=O) groups is 2. The molecule has 0 radical (unpaired) electrons. The van der Waals surface area contributed by atoms with Crippen molar-refractivity contribution in [2.24, 2.45) is 11.0 Å². The maximum Gasteiger partial charge on any atom is 0.262 e. The van der Waals surface area contributed by atoms with Crippen LogP contribution in [0.1, 0.15) is 35.3 Å². The number of benzene rings is 3. The Morgan fingerprint density at radius 3 is 2.60 bits per heavy atom. The van der Waals surface area contributed by atoms with Gasteiger partial charge >= 0.3 is 0 Å². The third-order valence-corrected chi connectivity index (χ3v) is 7.07. The van der Waals surface area contributed by atoms with Crippen LogP contribution in [0.5, 0.6) is 23.0 Å². The molecule has 1 unspecified atom stereocenters. The highest BCUT2D eigenvalue weighted by molar-refractivity contribution is 9.10. The molecule has 1 atom stereocenters. The van der Waals surface area contributed by atoms with E-state index in [1.54, 1.807) is 48.5 Å². The number of hydrazone groups is 1. The van der Waals surface area contributed by atoms with Crippen LogP contribution in [0.25, 0.3) is 0 Å². The normalized spacial score (nSPS) is 12.9. The molecule has 9 nitrogen and oxygen atoms in total. The Morgan fingerprint density at radius 1 is 1.10 bits per heavy atom. The number of amides is 2. The molecule has 1 aliphatic rings. The molecule has 40 heavy (non-hydrogen) atoms. The maximum atomic E-state index is 12.9. The summed E-state index contributed by atoms with van der Waals surface area (Å²) in [7, 11) is 1.52. The van der Waals surface area contributed by atoms with Gasteiger partial charge in [0.15, 0.2) is 23.0 Å². The average Bonchev–Trinajstić information content (AvgIpc) is 3.39. The van der Waals surface area contributed by atoms with E-state index in [1.165, 1.54) is 13.3 Å². The zero-order valence-corrected chi connectivity index (χ0v) is 24.9. The van der Waals surface area contributed by atoms with E-state index >= 15 is 0 Å². The summed E-state index contributed by atoms with van der Waals surface area (Å²) >= 11 is 15.7. The van der Waals surface area contributed by atoms with E-state index in [2.05, 4.69) is 31.8 Å². The number of ether oxygens (including phenoxy) is 4. The molecule has 0 aliphatic carbocycles. The zero-order chi connectivity index (χ0) is 28.8. The Labute approximate surface area is 249 Å². The van der Waals surface area contributed by atoms with Gasteiger partial charge in [0.1, 0.15) is 12.6 Å². The molecule has 1 heterocycles. The van der Waals surface area contributed by atoms with E-state index in [-0.39, 0.29) is 19.3 Å². The van der Waals surface area contributed by atoms with Gasteiger partial charge in [0.2, 0.25) is 6.79 Å². The second-order valence-electron chi connectivity index (χ2n) is 9.06. The van der Waals surface area contributed by atoms with Gasteiger partial charge < -0.3 is 24.3 Å². The summed E-state index contributed by atoms with van der Waals surface area (Å²) in [6.45, 7) is 3.95. The van der Waals surface area contributed by atoms with Gasteiger partial charge in [-0.2, -0.15) is 5.10 Å². The summed E-state index contributed by atoms with van der Waals surface area (Å²) in [5.41, 5.74) is 4.24. The van der Waals surface area contributed by atoms with Crippen LogP contribution in [-0.4, -0.2) is 38.0 Å². The number of halogens is 3. The highest BCUT2D eigenvalue weighted by Gasteiger charge is 2.25. The Hall–Kier alpha value is -3.47. The van der Waals surface area contributed by atoms with Gasteiger partial charge in [-0.3, -0.25) is 9.59 Å². The molecule has 12 heteroatoms. The van der Waals surface area contributed by atoms with Crippen molar-refractivity contribution in [3.63, 3.8) is 0 Å². The van der Waals surface area contributed by atoms with Crippen LogP contribution in [0.3, 0.4) is 0 Å². The molecular formula is C28H26BrCl2N3O6. The summed E-state index contributed by atoms with van der Waals surface area (Å²) in [5, 5.41) is 7.86. The Kier molecular flexibility index (Phi) is 9.78. The summed E-state index contributed by atoms with van der Waals surface area (Å²) in [6.07, 6.45) is 1.46. The topological polar surface area (TPSA) is 107 Å². The van der Waals surface area contributed by atoms with Gasteiger partial charge in [-0.25, -0.2) is 5.43 Å². The summed E-state index contributed by atoms with van der Waals surface area (Å²) in [6, 6.07) is 12.7. The predicted molar refractivity (Wildman–Crippen MR) is 156 cm³/mol. The molecular weight excluding hydrogens is 625 g/mol. The molecule has 4 rings (SSSR count). The summed E-state index contributed by atoms with van der Waals surface area (Å²) in [5.74, 6) is 0.885. The number of fused-ring (bicyclic) bond motifs is 1. The van der Waals surface area contributed by atoms with E-state index in [0.717, 1.165) is 5.56 Å². The number of carbonyl (C=O) groups excluding carboxylic acids is 2. The average molecular weight is 651 g/mol. The number of hydrogen-bond acceptors (Lipinski definition) is 7. The van der Waals surface area contributed by atoms with Gasteiger partial charge in [0.05, 0.1) is 17.8 Å². The minimum atomic E-state index is -0.827. The third kappa shape index (κ3) is 7.18. The summed E-state index contributed by atoms with van der Waals surface area (Å²) in [4.78, 5) is 25.7. The number of rotatable bonds is 10. The number of nitrogens with zero attached hydrogens (tertiary/aromatic N) is 1. The fraction of sp³-hybridized carbons (Fsp3) is 0.250. The first kappa shape index (κ1) is 29.5. The van der Waals surface area contributed by atoms with Crippen molar-refractivity contribution in [3.8, 4) is 23.0 Å². The molecule has 0 aromatic heterocycles. The van der Waals surface area contributed by atoms with Crippen LogP contribution >= 0.6 is 39.1 Å². The van der Waals surface area contributed by atoms with Gasteiger partial charge in [-0.1, -0.05) is 43.1 Å². The zero-order valence-electron chi connectivity index (χ0n) is 21.8. The van der Waals surface area contributed by atoms with Crippen LogP contribution in [0, 0.1) is 5.92 Å². The monoisotopic (exact) mass is 649 g/mol. The SMILES string of the molecule is COc1cc(C=NNC(=O)C(NC(=O)c2ccc3c(c2)OCO3)C(C)C)cc(Br)c1OCc1ccc(Cl)cc1Cl. The van der Waals surface area contributed by atoms with Crippen molar-refractivity contribution < 1.29 is 28.5 Å². The van der Waals surface area contributed by atoms with E-state index in [9.17, 15) is 9.59 Å². The van der Waals surface area contributed by atoms with E-state index < -0.39 is 17.9 Å². The molecule has 2 N–H and O–H groups in total. The largest absolute Gasteiger partial charge is 0.493 e. The molecule has 0 spiro atoms. The van der Waals surface area contributed by atoms with Crippen molar-refractivity contribution in [2.45, 2.75) is 26.5 Å². The van der Waals surface area contributed by atoms with E-state index in [0.29, 0.717) is 48.6 Å². The van der Waals surface area contributed by atoms with Crippen LogP contribution in [0.2, 0.25) is 10.0 Å². The number of nitrogens with one attached hydrogen (secondary N) is 2. The van der Waals surface area contributed by atoms with Gasteiger partial charge in [0.25, 0.3) is 11.8 Å². The van der Waals surface area contributed by atoms with E-state index in [1.807, 2.05) is 13.8 Å². The molecule has 3 aromatic carbocycles. The van der Waals surface area contributed by atoms with Gasteiger partial charge in [-0.05, 0) is 69.9 Å². The molecule has 0 fully saturated rings. The Balaban J connectivity index is 1.40. The molecule has 0 bridgehead atoms. The van der Waals surface area contributed by atoms with Crippen molar-refractivity contribution >= 4 is 57.2 Å². The van der Waals surface area contributed by atoms with Crippen molar-refractivity contribution in [1.82, 2.24) is 10.7 Å². The number of hydrogen-bond donors (Lipinski definition) is 2. The predicted octanol–water partition coefficient (Wildman–Crippen LogP) is 5.98. The molecule has 1 aliphatic heterocycles. The Bertz CT molecular complexity index is 1450. The first-order chi connectivity index (χ1) is 19.2. The standard InChI is InChI=1S/C28H26BrCl2N3O6/c1-15(2)25(33-27(35)17-5-7-22-23(10-17)40-14-39-22)28(36)34-32-12-16-8-20(29)26(24(9-16)37-3)38-13-18-4-6-19(30)11-21(18)31/h4-12,15,25H,13-14H2,1-3H3,(H,33,35)(H,34,36). The second-order valence-corrected chi connectivity index (χ2v) is 10.8. The van der Waals surface area contributed by atoms with Crippen molar-refractivity contribution in [2.75, 3.05) is 13.9 Å². The molecule has 2 amide bonds. The van der Waals surface area contributed by atoms with Gasteiger partial charge in [0, 0.05) is 21.2 Å². The molecule has 210 valence electrons. The fourth-order valence-corrected chi connectivity index (χ4v) is 4.82. The molecule has 3 aromatic rings. The first-order valence-corrected chi connectivity index (χ1v) is 13.7. The lowest BCUT2D eigenvalue weighted by atomic mass is 10.0. The molecule has 0 saturated heterocycles. The number of methoxy groups -OCH3 is 1. The maximum absolute atomic E-state index is 12.9. The second kappa shape index (κ2) is 13.3. The first-order valence-electron chi connectivity index (χ1n) is 12.1. The quantitative estimate of drug-likeness (QED) is 0.207. The highest BCUT2D eigenvalue weighted by atomic mass is 79.9. The summed E-state index contributed by atoms with van der Waals surface area (Å²) < 4.78 is 22.7. The van der Waals surface area contributed by atoms with Crippen LogP contribution in [0.4, 0.5) is 0 Å². The lowest BCUT2D eigenvalue weighted by Crippen LogP contribution is -2.48. The third-order valence-electron chi connectivity index (χ3n) is 5.90. The van der Waals surface area contributed by atoms with Gasteiger partial charge in [-0.15, -0.1) is 0 Å². The lowest BCUT2D eigenvalue weighted by molar-refractivity contribution is -0.123. The van der Waals surface area contributed by atoms with Crippen LogP contribution < -0.4 is 29.7 Å². The smallest absolute Gasteiger partial charge is 0.262 e.